The van der Waals surface area contributed by atoms with E-state index < -0.39 is 0 Å². The highest BCUT2D eigenvalue weighted by Crippen LogP contribution is 2.33. The lowest BCUT2D eigenvalue weighted by Crippen LogP contribution is -1.89. The Kier molecular flexibility index (Phi) is 6.05. The van der Waals surface area contributed by atoms with Crippen molar-refractivity contribution in [3.8, 4) is 11.8 Å². The van der Waals surface area contributed by atoms with Crippen LogP contribution in [0.4, 0.5) is 0 Å². The normalized spacial score (nSPS) is 15.1. The minimum atomic E-state index is 0.544. The van der Waals surface area contributed by atoms with Gasteiger partial charge in [-0.1, -0.05) is 24.8 Å². The Morgan fingerprint density at radius 3 is 3.09 bits per heavy atom. The Labute approximate surface area is 140 Å². The number of fused-ring (bicyclic) bond motifs is 1. The van der Waals surface area contributed by atoms with E-state index in [-0.39, 0.29) is 0 Å². The second-order valence-electron chi connectivity index (χ2n) is 4.39. The Balaban J connectivity index is 2.42. The van der Waals surface area contributed by atoms with E-state index >= 15 is 0 Å². The number of nitrogens with zero attached hydrogens (tertiary/aromatic N) is 1. The highest BCUT2D eigenvalue weighted by Gasteiger charge is 2.18. The van der Waals surface area contributed by atoms with Gasteiger partial charge in [0.25, 0.3) is 0 Å². The molecule has 0 spiro atoms. The molecular weight excluding hydrogens is 312 g/mol. The molecule has 3 nitrogen and oxygen atoms in total. The number of hydrogen-bond acceptors (Lipinski definition) is 5. The highest BCUT2D eigenvalue weighted by atomic mass is 32.2. The zero-order chi connectivity index (χ0) is 15.9. The first-order valence-corrected chi connectivity index (χ1v) is 8.40. The SMILES string of the molecule is C\C=C(/C(=C\C=C/N)SCC)c1nc2c(o1)CC#CC(S)=C2. The van der Waals surface area contributed by atoms with Crippen LogP contribution >= 0.6 is 24.4 Å². The van der Waals surface area contributed by atoms with Gasteiger partial charge in [-0.3, -0.25) is 0 Å². The summed E-state index contributed by atoms with van der Waals surface area (Å²) in [6.45, 7) is 4.08. The summed E-state index contributed by atoms with van der Waals surface area (Å²) in [6.07, 6.45) is 9.68. The lowest BCUT2D eigenvalue weighted by atomic mass is 10.2. The van der Waals surface area contributed by atoms with Gasteiger partial charge >= 0.3 is 0 Å². The summed E-state index contributed by atoms with van der Waals surface area (Å²) in [5.74, 6) is 8.28. The number of rotatable bonds is 5. The molecule has 0 saturated heterocycles. The Morgan fingerprint density at radius 2 is 2.41 bits per heavy atom. The van der Waals surface area contributed by atoms with Crippen LogP contribution in [0.1, 0.15) is 31.2 Å². The molecule has 2 rings (SSSR count). The number of oxazole rings is 1. The molecule has 0 bridgehead atoms. The molecule has 1 aliphatic carbocycles. The molecule has 0 fully saturated rings. The summed E-state index contributed by atoms with van der Waals surface area (Å²) in [7, 11) is 0. The van der Waals surface area contributed by atoms with Crippen LogP contribution in [0.2, 0.25) is 0 Å². The molecule has 2 N–H and O–H groups in total. The number of allylic oxidation sites excluding steroid dienone is 5. The average molecular weight is 330 g/mol. The summed E-state index contributed by atoms with van der Waals surface area (Å²) in [5.41, 5.74) is 7.18. The number of hydrogen-bond donors (Lipinski definition) is 2. The van der Waals surface area contributed by atoms with Crippen LogP contribution in [0.3, 0.4) is 0 Å². The van der Waals surface area contributed by atoms with E-state index in [0.29, 0.717) is 17.2 Å². The topological polar surface area (TPSA) is 52.0 Å². The van der Waals surface area contributed by atoms with Gasteiger partial charge in [-0.2, -0.15) is 0 Å². The first kappa shape index (κ1) is 16.6. The Hall–Kier alpha value is -1.77. The van der Waals surface area contributed by atoms with Gasteiger partial charge in [0.2, 0.25) is 5.89 Å². The molecule has 0 atom stereocenters. The number of nitrogens with two attached hydrogens (primary N) is 1. The summed E-state index contributed by atoms with van der Waals surface area (Å²) in [4.78, 5) is 6.37. The minimum absolute atomic E-state index is 0.544. The van der Waals surface area contributed by atoms with Crippen molar-refractivity contribution in [1.29, 1.82) is 0 Å². The highest BCUT2D eigenvalue weighted by molar-refractivity contribution is 8.03. The molecule has 22 heavy (non-hydrogen) atoms. The molecule has 0 unspecified atom stereocenters. The van der Waals surface area contributed by atoms with E-state index in [9.17, 15) is 0 Å². The van der Waals surface area contributed by atoms with Crippen molar-refractivity contribution in [2.75, 3.05) is 5.75 Å². The Bertz CT molecular complexity index is 728. The predicted molar refractivity (Wildman–Crippen MR) is 98.1 cm³/mol. The van der Waals surface area contributed by atoms with Crippen LogP contribution in [0.25, 0.3) is 11.6 Å². The molecule has 1 aliphatic rings. The predicted octanol–water partition coefficient (Wildman–Crippen LogP) is 4.02. The van der Waals surface area contributed by atoms with Gasteiger partial charge in [0, 0.05) is 10.5 Å². The standard InChI is InChI=1S/C17H18N2OS2/c1-3-13(16(22-4-2)9-6-10-18)17-19-14-11-12(21)7-5-8-15(14)20-17/h3,6,9-11,21H,4,8,18H2,1-2H3/b10-6-,13-3+,16-9+. The number of thioether (sulfide) groups is 1. The van der Waals surface area contributed by atoms with Crippen molar-refractivity contribution in [3.05, 3.63) is 51.6 Å². The van der Waals surface area contributed by atoms with E-state index in [1.165, 1.54) is 6.20 Å². The van der Waals surface area contributed by atoms with E-state index in [0.717, 1.165) is 27.7 Å². The summed E-state index contributed by atoms with van der Waals surface area (Å²) in [6, 6.07) is 0. The molecule has 0 amide bonds. The lowest BCUT2D eigenvalue weighted by molar-refractivity contribution is 0.505. The second-order valence-corrected chi connectivity index (χ2v) is 6.17. The number of aromatic nitrogens is 1. The van der Waals surface area contributed by atoms with Crippen molar-refractivity contribution < 1.29 is 4.42 Å². The van der Waals surface area contributed by atoms with Crippen LogP contribution < -0.4 is 5.73 Å². The third-order valence-electron chi connectivity index (χ3n) is 2.91. The summed E-state index contributed by atoms with van der Waals surface area (Å²) >= 11 is 6.03. The fourth-order valence-electron chi connectivity index (χ4n) is 1.98. The van der Waals surface area contributed by atoms with Gasteiger partial charge < -0.3 is 10.2 Å². The molecule has 0 aromatic carbocycles. The van der Waals surface area contributed by atoms with Gasteiger partial charge in [0.15, 0.2) is 0 Å². The Morgan fingerprint density at radius 1 is 1.59 bits per heavy atom. The third-order valence-corrected chi connectivity index (χ3v) is 4.11. The quantitative estimate of drug-likeness (QED) is 0.486. The van der Waals surface area contributed by atoms with E-state index in [4.69, 9.17) is 10.2 Å². The van der Waals surface area contributed by atoms with Gasteiger partial charge in [0.05, 0.1) is 11.3 Å². The molecule has 5 heteroatoms. The maximum atomic E-state index is 5.92. The average Bonchev–Trinajstić information content (AvgIpc) is 2.79. The van der Waals surface area contributed by atoms with Crippen molar-refractivity contribution in [2.24, 2.45) is 5.73 Å². The smallest absolute Gasteiger partial charge is 0.227 e. The van der Waals surface area contributed by atoms with Crippen molar-refractivity contribution >= 4 is 36.0 Å². The molecule has 0 saturated carbocycles. The molecular formula is C17H18N2OS2. The van der Waals surface area contributed by atoms with E-state index in [2.05, 4.69) is 36.4 Å². The maximum absolute atomic E-state index is 5.92. The molecule has 1 heterocycles. The van der Waals surface area contributed by atoms with Crippen LogP contribution in [0.15, 0.2) is 38.7 Å². The van der Waals surface area contributed by atoms with Gasteiger partial charge in [-0.25, -0.2) is 4.98 Å². The second kappa shape index (κ2) is 8.02. The van der Waals surface area contributed by atoms with Crippen LogP contribution in [-0.4, -0.2) is 10.7 Å². The van der Waals surface area contributed by atoms with Crippen molar-refractivity contribution in [2.45, 2.75) is 20.3 Å². The molecule has 0 aliphatic heterocycles. The van der Waals surface area contributed by atoms with Crippen molar-refractivity contribution in [3.63, 3.8) is 0 Å². The summed E-state index contributed by atoms with van der Waals surface area (Å²) in [5, 5.41) is 0. The lowest BCUT2D eigenvalue weighted by Gasteiger charge is -2.06. The zero-order valence-electron chi connectivity index (χ0n) is 12.6. The minimum Gasteiger partial charge on any atom is -0.439 e. The fraction of sp³-hybridized carbons (Fsp3) is 0.235. The first-order valence-electron chi connectivity index (χ1n) is 6.97. The van der Waals surface area contributed by atoms with E-state index in [1.807, 2.05) is 31.2 Å². The van der Waals surface area contributed by atoms with Crippen LogP contribution in [0, 0.1) is 11.8 Å². The van der Waals surface area contributed by atoms with Gasteiger partial charge in [-0.15, -0.1) is 24.4 Å². The number of thiol groups is 1. The van der Waals surface area contributed by atoms with Gasteiger partial charge in [-0.05, 0) is 37.1 Å². The first-order chi connectivity index (χ1) is 10.7. The molecule has 1 aromatic heterocycles. The molecule has 1 aromatic rings. The van der Waals surface area contributed by atoms with E-state index in [1.54, 1.807) is 11.8 Å². The molecule has 114 valence electrons. The fourth-order valence-corrected chi connectivity index (χ4v) is 3.03. The van der Waals surface area contributed by atoms with Gasteiger partial charge in [0.1, 0.15) is 11.5 Å². The summed E-state index contributed by atoms with van der Waals surface area (Å²) < 4.78 is 5.92. The monoisotopic (exact) mass is 330 g/mol. The van der Waals surface area contributed by atoms with Crippen LogP contribution in [0.5, 0.6) is 0 Å². The largest absolute Gasteiger partial charge is 0.439 e. The zero-order valence-corrected chi connectivity index (χ0v) is 14.3. The maximum Gasteiger partial charge on any atom is 0.227 e. The van der Waals surface area contributed by atoms with Crippen molar-refractivity contribution in [1.82, 2.24) is 4.98 Å². The third kappa shape index (κ3) is 3.90. The molecule has 0 radical (unpaired) electrons. The van der Waals surface area contributed by atoms with Crippen LogP contribution in [-0.2, 0) is 6.42 Å².